The van der Waals surface area contributed by atoms with E-state index in [0.717, 1.165) is 12.1 Å². The fourth-order valence-electron chi connectivity index (χ4n) is 2.31. The second-order valence-corrected chi connectivity index (χ2v) is 6.14. The highest BCUT2D eigenvalue weighted by Crippen LogP contribution is 2.32. The molecule has 0 fully saturated rings. The molecule has 0 atom stereocenters. The van der Waals surface area contributed by atoms with Crippen LogP contribution in [0, 0.1) is 0 Å². The van der Waals surface area contributed by atoms with Gasteiger partial charge in [-0.25, -0.2) is 0 Å². The first kappa shape index (κ1) is 16.6. The van der Waals surface area contributed by atoms with E-state index in [1.807, 2.05) is 24.3 Å². The molecule has 0 radical (unpaired) electrons. The van der Waals surface area contributed by atoms with E-state index in [0.29, 0.717) is 21.4 Å². The summed E-state index contributed by atoms with van der Waals surface area (Å²) in [5, 5.41) is 3.87. The Morgan fingerprint density at radius 3 is 2.50 bits per heavy atom. The topological polar surface area (TPSA) is 42.2 Å². The van der Waals surface area contributed by atoms with Crippen LogP contribution in [0.4, 0.5) is 5.69 Å². The number of benzene rings is 2. The number of anilines is 1. The van der Waals surface area contributed by atoms with Crippen LogP contribution < -0.4 is 5.32 Å². The summed E-state index contributed by atoms with van der Waals surface area (Å²) < 4.78 is 5.63. The number of hydrogen-bond acceptors (Lipinski definition) is 2. The Morgan fingerprint density at radius 2 is 1.79 bits per heavy atom. The molecule has 3 rings (SSSR count). The molecular weight excluding hydrogens is 345 g/mol. The number of halogens is 2. The van der Waals surface area contributed by atoms with Crippen molar-refractivity contribution >= 4 is 34.8 Å². The summed E-state index contributed by atoms with van der Waals surface area (Å²) in [6.07, 6.45) is 0.955. The number of rotatable bonds is 4. The first-order valence-corrected chi connectivity index (χ1v) is 8.28. The lowest BCUT2D eigenvalue weighted by molar-refractivity contribution is 0.0997. The van der Waals surface area contributed by atoms with Crippen molar-refractivity contribution in [1.29, 1.82) is 0 Å². The Morgan fingerprint density at radius 1 is 1.04 bits per heavy atom. The van der Waals surface area contributed by atoms with Crippen molar-refractivity contribution in [2.45, 2.75) is 13.3 Å². The Kier molecular flexibility index (Phi) is 4.93. The Balaban J connectivity index is 1.79. The van der Waals surface area contributed by atoms with Crippen LogP contribution in [0.5, 0.6) is 0 Å². The third-order valence-corrected chi connectivity index (χ3v) is 4.21. The highest BCUT2D eigenvalue weighted by atomic mass is 35.5. The van der Waals surface area contributed by atoms with Gasteiger partial charge in [0.25, 0.3) is 5.91 Å². The molecular formula is C19H15Cl2NO2. The molecule has 0 aliphatic rings. The van der Waals surface area contributed by atoms with E-state index in [9.17, 15) is 4.79 Å². The molecule has 0 unspecified atom stereocenters. The second-order valence-electron chi connectivity index (χ2n) is 5.29. The quantitative estimate of drug-likeness (QED) is 0.614. The van der Waals surface area contributed by atoms with Gasteiger partial charge < -0.3 is 9.73 Å². The predicted octanol–water partition coefficient (Wildman–Crippen LogP) is 6.07. The van der Waals surface area contributed by atoms with Gasteiger partial charge in [0.05, 0.1) is 5.02 Å². The number of carbonyl (C=O) groups is 1. The molecule has 3 nitrogen and oxygen atoms in total. The van der Waals surface area contributed by atoms with Crippen LogP contribution in [0.2, 0.25) is 10.0 Å². The average molecular weight is 360 g/mol. The molecule has 0 saturated heterocycles. The van der Waals surface area contributed by atoms with E-state index in [2.05, 4.69) is 12.2 Å². The highest BCUT2D eigenvalue weighted by Gasteiger charge is 2.14. The van der Waals surface area contributed by atoms with Gasteiger partial charge in [-0.15, -0.1) is 0 Å². The average Bonchev–Trinajstić information content (AvgIpc) is 3.08. The molecule has 1 heterocycles. The monoisotopic (exact) mass is 359 g/mol. The number of aryl methyl sites for hydroxylation is 1. The molecule has 0 spiro atoms. The predicted molar refractivity (Wildman–Crippen MR) is 97.9 cm³/mol. The van der Waals surface area contributed by atoms with Crippen molar-refractivity contribution in [2.24, 2.45) is 0 Å². The molecule has 0 aliphatic heterocycles. The van der Waals surface area contributed by atoms with Crippen molar-refractivity contribution in [2.75, 3.05) is 5.32 Å². The fraction of sp³-hybridized carbons (Fsp3) is 0.105. The Labute approximate surface area is 150 Å². The van der Waals surface area contributed by atoms with E-state index < -0.39 is 0 Å². The summed E-state index contributed by atoms with van der Waals surface area (Å²) in [5.74, 6) is 0.387. The minimum atomic E-state index is -0.316. The molecule has 122 valence electrons. The number of amides is 1. The van der Waals surface area contributed by atoms with Gasteiger partial charge in [-0.3, -0.25) is 4.79 Å². The smallest absolute Gasteiger partial charge is 0.291 e. The minimum Gasteiger partial charge on any atom is -0.451 e. The van der Waals surface area contributed by atoms with Crippen LogP contribution in [0.25, 0.3) is 11.3 Å². The Bertz CT molecular complexity index is 869. The fourth-order valence-corrected chi connectivity index (χ4v) is 2.69. The van der Waals surface area contributed by atoms with Gasteiger partial charge in [-0.2, -0.15) is 0 Å². The summed E-state index contributed by atoms with van der Waals surface area (Å²) in [6.45, 7) is 2.08. The molecule has 0 bridgehead atoms. The van der Waals surface area contributed by atoms with Crippen molar-refractivity contribution < 1.29 is 9.21 Å². The number of nitrogens with one attached hydrogen (secondary N) is 1. The van der Waals surface area contributed by atoms with Crippen molar-refractivity contribution in [3.8, 4) is 11.3 Å². The molecule has 0 saturated carbocycles. The first-order chi connectivity index (χ1) is 11.6. The lowest BCUT2D eigenvalue weighted by Gasteiger charge is -2.04. The summed E-state index contributed by atoms with van der Waals surface area (Å²) in [6, 6.07) is 16.1. The number of furan rings is 1. The SMILES string of the molecule is CCc1ccc(NC(=O)c2ccc(-c3cc(Cl)ccc3Cl)o2)cc1. The maximum atomic E-state index is 12.3. The van der Waals surface area contributed by atoms with Gasteiger partial charge in [0.2, 0.25) is 0 Å². The zero-order valence-electron chi connectivity index (χ0n) is 13.0. The maximum Gasteiger partial charge on any atom is 0.291 e. The third kappa shape index (κ3) is 3.64. The molecule has 2 aromatic carbocycles. The van der Waals surface area contributed by atoms with Gasteiger partial charge in [-0.05, 0) is 54.4 Å². The summed E-state index contributed by atoms with van der Waals surface area (Å²) in [4.78, 5) is 12.3. The van der Waals surface area contributed by atoms with Crippen LogP contribution in [0.15, 0.2) is 59.0 Å². The van der Waals surface area contributed by atoms with Crippen LogP contribution in [0.3, 0.4) is 0 Å². The van der Waals surface area contributed by atoms with Crippen molar-refractivity contribution in [3.63, 3.8) is 0 Å². The molecule has 1 aromatic heterocycles. The molecule has 5 heteroatoms. The van der Waals surface area contributed by atoms with Gasteiger partial charge in [0.1, 0.15) is 5.76 Å². The van der Waals surface area contributed by atoms with Crippen LogP contribution in [-0.2, 0) is 6.42 Å². The van der Waals surface area contributed by atoms with E-state index in [-0.39, 0.29) is 11.7 Å². The normalized spacial score (nSPS) is 10.6. The molecule has 3 aromatic rings. The van der Waals surface area contributed by atoms with Gasteiger partial charge in [0.15, 0.2) is 5.76 Å². The Hall–Kier alpha value is -2.23. The standard InChI is InChI=1S/C19H15Cl2NO2/c1-2-12-3-6-14(7-4-12)22-19(23)18-10-9-17(24-18)15-11-13(20)5-8-16(15)21/h3-11H,2H2,1H3,(H,22,23). The zero-order valence-corrected chi connectivity index (χ0v) is 14.5. The summed E-state index contributed by atoms with van der Waals surface area (Å²) >= 11 is 12.1. The molecule has 1 N–H and O–H groups in total. The third-order valence-electron chi connectivity index (χ3n) is 3.64. The van der Waals surface area contributed by atoms with Crippen LogP contribution >= 0.6 is 23.2 Å². The highest BCUT2D eigenvalue weighted by molar-refractivity contribution is 6.35. The van der Waals surface area contributed by atoms with E-state index in [4.69, 9.17) is 27.6 Å². The van der Waals surface area contributed by atoms with E-state index in [1.165, 1.54) is 5.56 Å². The molecule has 0 aliphatic carbocycles. The lowest BCUT2D eigenvalue weighted by Crippen LogP contribution is -2.10. The van der Waals surface area contributed by atoms with Crippen LogP contribution in [-0.4, -0.2) is 5.91 Å². The van der Waals surface area contributed by atoms with Crippen LogP contribution in [0.1, 0.15) is 23.0 Å². The van der Waals surface area contributed by atoms with E-state index in [1.54, 1.807) is 30.3 Å². The minimum absolute atomic E-state index is 0.209. The molecule has 24 heavy (non-hydrogen) atoms. The van der Waals surface area contributed by atoms with Gasteiger partial charge in [-0.1, -0.05) is 42.3 Å². The largest absolute Gasteiger partial charge is 0.451 e. The summed E-state index contributed by atoms with van der Waals surface area (Å²) in [7, 11) is 0. The number of hydrogen-bond donors (Lipinski definition) is 1. The first-order valence-electron chi connectivity index (χ1n) is 7.52. The lowest BCUT2D eigenvalue weighted by atomic mass is 10.1. The van der Waals surface area contributed by atoms with Gasteiger partial charge in [0, 0.05) is 16.3 Å². The maximum absolute atomic E-state index is 12.3. The zero-order chi connectivity index (χ0) is 17.1. The van der Waals surface area contributed by atoms with E-state index >= 15 is 0 Å². The second kappa shape index (κ2) is 7.12. The molecule has 1 amide bonds. The van der Waals surface area contributed by atoms with Crippen molar-refractivity contribution in [1.82, 2.24) is 0 Å². The van der Waals surface area contributed by atoms with Crippen molar-refractivity contribution in [3.05, 3.63) is 76.0 Å². The summed E-state index contributed by atoms with van der Waals surface area (Å²) in [5.41, 5.74) is 2.58. The number of carbonyl (C=O) groups excluding carboxylic acids is 1. The van der Waals surface area contributed by atoms with Gasteiger partial charge >= 0.3 is 0 Å².